The Bertz CT molecular complexity index is 1660. The first-order valence-corrected chi connectivity index (χ1v) is 19.9. The van der Waals surface area contributed by atoms with E-state index in [0.29, 0.717) is 19.4 Å². The van der Waals surface area contributed by atoms with Crippen molar-refractivity contribution in [3.05, 3.63) is 0 Å². The Hall–Kier alpha value is -6.64. The molecule has 0 aromatic rings. The van der Waals surface area contributed by atoms with Crippen molar-refractivity contribution in [3.63, 3.8) is 0 Å². The van der Waals surface area contributed by atoms with Crippen LogP contribution in [0.4, 0.5) is 0 Å². The average molecular weight is 903 g/mol. The van der Waals surface area contributed by atoms with E-state index in [4.69, 9.17) is 33.1 Å². The number of nitrogens with zero attached hydrogens (tertiary/aromatic N) is 1. The van der Waals surface area contributed by atoms with Gasteiger partial charge >= 0.3 is 23.9 Å². The molecule has 0 aliphatic carbocycles. The molecular formula is C36H62N12O15. The molecule has 27 heteroatoms. The Morgan fingerprint density at radius 1 is 0.460 bits per heavy atom. The molecule has 8 unspecified atom stereocenters. The highest BCUT2D eigenvalue weighted by atomic mass is 16.4. The van der Waals surface area contributed by atoms with Gasteiger partial charge in [0.2, 0.25) is 41.4 Å². The molecule has 356 valence electrons. The van der Waals surface area contributed by atoms with Crippen LogP contribution in [-0.4, -0.2) is 153 Å². The summed E-state index contributed by atoms with van der Waals surface area (Å²) in [6.45, 7) is 3.84. The molecule has 0 aliphatic rings. The number of carboxylic acids is 4. The molecule has 0 rings (SSSR count). The number of aliphatic imine (C=N–C) groups is 1. The molecule has 0 aliphatic heterocycles. The van der Waals surface area contributed by atoms with E-state index >= 15 is 0 Å². The summed E-state index contributed by atoms with van der Waals surface area (Å²) in [7, 11) is 0. The van der Waals surface area contributed by atoms with E-state index in [2.05, 4.69) is 42.2 Å². The van der Waals surface area contributed by atoms with Crippen LogP contribution in [0.5, 0.6) is 0 Å². The Balaban J connectivity index is 6.09. The number of guanidine groups is 1. The molecule has 0 aromatic heterocycles. The molecule has 8 atom stereocenters. The van der Waals surface area contributed by atoms with Crippen LogP contribution in [-0.2, 0) is 52.7 Å². The van der Waals surface area contributed by atoms with Gasteiger partial charge in [0.05, 0.1) is 6.04 Å². The number of unbranched alkanes of at least 4 members (excludes halogenated alkanes) is 1. The zero-order valence-electron chi connectivity index (χ0n) is 35.3. The molecular weight excluding hydrogens is 840 g/mol. The van der Waals surface area contributed by atoms with E-state index in [0.717, 1.165) is 20.8 Å². The first-order chi connectivity index (χ1) is 29.4. The third-order valence-corrected chi connectivity index (χ3v) is 8.96. The Labute approximate surface area is 362 Å². The standard InChI is InChI=1S/C36H62N12O15/c1-17(29(56)46-23(10-13-26(51)52)33(60)44-19(3)35(62)63)42-31(58)22(9-12-25(49)50)45-28(55)18(2)43-32(59)24(11-14-27(53)54)48-34(61)21(8-6-16-41-36(39)40)47-30(57)20(38)7-4-5-15-37/h17-24H,4-16,37-38H2,1-3H3,(H,42,58)(H,43,59)(H,44,60)(H,45,55)(H,46,56)(H,47,57)(H,48,61)(H,49,50)(H,51,52)(H,53,54)(H,62,63)(H4,39,40,41). The van der Waals surface area contributed by atoms with Crippen LogP contribution in [0.15, 0.2) is 4.99 Å². The summed E-state index contributed by atoms with van der Waals surface area (Å²) in [5.41, 5.74) is 22.2. The van der Waals surface area contributed by atoms with E-state index in [1.165, 1.54) is 0 Å². The summed E-state index contributed by atoms with van der Waals surface area (Å²) in [4.78, 5) is 141. The number of nitrogens with one attached hydrogen (secondary N) is 7. The van der Waals surface area contributed by atoms with Gasteiger partial charge in [-0.3, -0.25) is 57.7 Å². The number of carbonyl (C=O) groups is 11. The number of aliphatic carboxylic acids is 4. The van der Waals surface area contributed by atoms with Gasteiger partial charge in [-0.2, -0.15) is 0 Å². The summed E-state index contributed by atoms with van der Waals surface area (Å²) >= 11 is 0. The summed E-state index contributed by atoms with van der Waals surface area (Å²) < 4.78 is 0. The van der Waals surface area contributed by atoms with Crippen molar-refractivity contribution in [2.75, 3.05) is 13.1 Å². The van der Waals surface area contributed by atoms with Crippen molar-refractivity contribution in [2.24, 2.45) is 27.9 Å². The van der Waals surface area contributed by atoms with E-state index in [1.807, 2.05) is 0 Å². The molecule has 0 aromatic carbocycles. The lowest BCUT2D eigenvalue weighted by atomic mass is 10.1. The van der Waals surface area contributed by atoms with E-state index in [-0.39, 0.29) is 31.8 Å². The van der Waals surface area contributed by atoms with Gasteiger partial charge in [-0.05, 0) is 72.3 Å². The van der Waals surface area contributed by atoms with Crippen molar-refractivity contribution in [2.45, 2.75) is 140 Å². The van der Waals surface area contributed by atoms with Crippen molar-refractivity contribution < 1.29 is 73.2 Å². The Morgan fingerprint density at radius 2 is 0.810 bits per heavy atom. The monoisotopic (exact) mass is 902 g/mol. The second kappa shape index (κ2) is 29.6. The molecule has 63 heavy (non-hydrogen) atoms. The highest BCUT2D eigenvalue weighted by Crippen LogP contribution is 2.07. The van der Waals surface area contributed by atoms with Gasteiger partial charge in [0.15, 0.2) is 5.96 Å². The van der Waals surface area contributed by atoms with Crippen LogP contribution in [0.2, 0.25) is 0 Å². The minimum Gasteiger partial charge on any atom is -0.481 e. The van der Waals surface area contributed by atoms with Crippen LogP contribution in [0.25, 0.3) is 0 Å². The molecule has 19 N–H and O–H groups in total. The maximum atomic E-state index is 13.5. The van der Waals surface area contributed by atoms with Crippen LogP contribution >= 0.6 is 0 Å². The summed E-state index contributed by atoms with van der Waals surface area (Å²) in [5.74, 6) is -12.6. The fourth-order valence-electron chi connectivity index (χ4n) is 5.30. The second-order valence-electron chi connectivity index (χ2n) is 14.4. The fraction of sp³-hybridized carbons (Fsp3) is 0.667. The number of carbonyl (C=O) groups excluding carboxylic acids is 7. The zero-order valence-corrected chi connectivity index (χ0v) is 35.3. The van der Waals surface area contributed by atoms with Crippen molar-refractivity contribution in [3.8, 4) is 0 Å². The van der Waals surface area contributed by atoms with Crippen LogP contribution < -0.4 is 60.2 Å². The van der Waals surface area contributed by atoms with Crippen molar-refractivity contribution in [1.82, 2.24) is 37.2 Å². The predicted molar refractivity (Wildman–Crippen MR) is 220 cm³/mol. The lowest BCUT2D eigenvalue weighted by Gasteiger charge is -2.26. The van der Waals surface area contributed by atoms with Crippen LogP contribution in [0.3, 0.4) is 0 Å². The smallest absolute Gasteiger partial charge is 0.325 e. The quantitative estimate of drug-likeness (QED) is 0.0170. The first-order valence-electron chi connectivity index (χ1n) is 19.9. The summed E-state index contributed by atoms with van der Waals surface area (Å²) in [6.07, 6.45) is -1.95. The van der Waals surface area contributed by atoms with Gasteiger partial charge in [-0.25, -0.2) is 0 Å². The summed E-state index contributed by atoms with van der Waals surface area (Å²) in [5, 5.41) is 52.8. The van der Waals surface area contributed by atoms with Crippen molar-refractivity contribution in [1.29, 1.82) is 0 Å². The number of hydrogen-bond acceptors (Lipinski definition) is 14. The fourth-order valence-corrected chi connectivity index (χ4v) is 5.30. The highest BCUT2D eigenvalue weighted by molar-refractivity contribution is 5.97. The Kier molecular flexibility index (Phi) is 26.5. The summed E-state index contributed by atoms with van der Waals surface area (Å²) in [6, 6.07) is -11.6. The normalized spacial score (nSPS) is 14.6. The molecule has 0 fully saturated rings. The molecule has 27 nitrogen and oxygen atoms in total. The minimum absolute atomic E-state index is 0.0528. The van der Waals surface area contributed by atoms with Gasteiger partial charge in [0.1, 0.15) is 42.3 Å². The van der Waals surface area contributed by atoms with Gasteiger partial charge in [0, 0.05) is 25.8 Å². The van der Waals surface area contributed by atoms with E-state index in [9.17, 15) is 63.0 Å². The van der Waals surface area contributed by atoms with Gasteiger partial charge in [-0.15, -0.1) is 0 Å². The third kappa shape index (κ3) is 24.4. The van der Waals surface area contributed by atoms with Gasteiger partial charge < -0.3 is 80.6 Å². The van der Waals surface area contributed by atoms with E-state index in [1.54, 1.807) is 0 Å². The number of hydrogen-bond donors (Lipinski definition) is 15. The maximum Gasteiger partial charge on any atom is 0.325 e. The molecule has 0 bridgehead atoms. The molecule has 0 saturated heterocycles. The molecule has 0 saturated carbocycles. The minimum atomic E-state index is -1.65. The SMILES string of the molecule is CC(NC(=O)C(CCC(=O)O)NC(=O)C(C)NC(=O)C(CCC(=O)O)NC(=O)C(C)NC(=O)C(CCC(=O)O)NC(=O)C(CCCN=C(N)N)NC(=O)C(N)CCCCN)C(=O)O. The number of carboxylic acid groups (broad SMARTS) is 4. The molecule has 0 radical (unpaired) electrons. The average Bonchev–Trinajstić information content (AvgIpc) is 3.19. The third-order valence-electron chi connectivity index (χ3n) is 8.96. The van der Waals surface area contributed by atoms with Crippen LogP contribution in [0.1, 0.15) is 91.4 Å². The number of rotatable bonds is 32. The topological polar surface area (TPSA) is 469 Å². The first kappa shape index (κ1) is 56.4. The molecule has 0 spiro atoms. The second-order valence-corrected chi connectivity index (χ2v) is 14.4. The lowest BCUT2D eigenvalue weighted by molar-refractivity contribution is -0.142. The lowest BCUT2D eigenvalue weighted by Crippen LogP contribution is -2.59. The Morgan fingerprint density at radius 3 is 1.17 bits per heavy atom. The van der Waals surface area contributed by atoms with E-state index < -0.39 is 152 Å². The maximum absolute atomic E-state index is 13.5. The number of amides is 7. The highest BCUT2D eigenvalue weighted by Gasteiger charge is 2.33. The molecule has 7 amide bonds. The zero-order chi connectivity index (χ0) is 48.4. The van der Waals surface area contributed by atoms with Gasteiger partial charge in [-0.1, -0.05) is 6.42 Å². The predicted octanol–water partition coefficient (Wildman–Crippen LogP) is -5.37. The number of nitrogens with two attached hydrogens (primary N) is 4. The van der Waals surface area contributed by atoms with Crippen molar-refractivity contribution >= 4 is 71.2 Å². The molecule has 0 heterocycles. The largest absolute Gasteiger partial charge is 0.481 e. The van der Waals surface area contributed by atoms with Crippen LogP contribution in [0, 0.1) is 0 Å². The van der Waals surface area contributed by atoms with Gasteiger partial charge in [0.25, 0.3) is 0 Å².